The molecule has 1 aromatic rings. The van der Waals surface area contributed by atoms with E-state index in [0.29, 0.717) is 16.5 Å². The number of carbonyl (C=O) groups excluding carboxylic acids is 1. The monoisotopic (exact) mass is 351 g/mol. The minimum atomic E-state index is -2.80. The maximum absolute atomic E-state index is 12.3. The fourth-order valence-corrected chi connectivity index (χ4v) is 2.86. The molecule has 0 aliphatic heterocycles. The van der Waals surface area contributed by atoms with E-state index in [1.54, 1.807) is 18.2 Å². The van der Waals surface area contributed by atoms with Crippen LogP contribution < -0.4 is 5.32 Å². The first kappa shape index (κ1) is 17.0. The quantitative estimate of drug-likeness (QED) is 0.826. The molecule has 1 aliphatic rings. The van der Waals surface area contributed by atoms with Crippen molar-refractivity contribution < 1.29 is 23.5 Å². The van der Waals surface area contributed by atoms with E-state index < -0.39 is 36.7 Å². The smallest absolute Gasteiger partial charge is 0.326 e. The Morgan fingerprint density at radius 1 is 1.36 bits per heavy atom. The summed E-state index contributed by atoms with van der Waals surface area (Å²) in [6.45, 7) is 0. The lowest BCUT2D eigenvalue weighted by Gasteiger charge is -2.14. The Balaban J connectivity index is 1.99. The summed E-state index contributed by atoms with van der Waals surface area (Å²) >= 11 is 11.8. The van der Waals surface area contributed by atoms with Crippen LogP contribution >= 0.6 is 23.2 Å². The van der Waals surface area contributed by atoms with Gasteiger partial charge in [0.2, 0.25) is 12.3 Å². The number of halogens is 4. The Morgan fingerprint density at radius 2 is 2.05 bits per heavy atom. The van der Waals surface area contributed by atoms with E-state index in [4.69, 9.17) is 28.3 Å². The summed E-state index contributed by atoms with van der Waals surface area (Å²) in [4.78, 5) is 22.8. The molecule has 0 saturated heterocycles. The average Bonchev–Trinajstić information content (AvgIpc) is 3.17. The molecule has 2 rings (SSSR count). The van der Waals surface area contributed by atoms with E-state index in [2.05, 4.69) is 5.32 Å². The number of hydrogen-bond donors (Lipinski definition) is 2. The van der Waals surface area contributed by atoms with E-state index in [1.165, 1.54) is 0 Å². The summed E-state index contributed by atoms with van der Waals surface area (Å²) in [6, 6.07) is 3.32. The van der Waals surface area contributed by atoms with Crippen molar-refractivity contribution in [1.29, 1.82) is 0 Å². The summed E-state index contributed by atoms with van der Waals surface area (Å²) in [7, 11) is 0. The van der Waals surface area contributed by atoms with Gasteiger partial charge in [-0.05, 0) is 30.0 Å². The number of carboxylic acid groups (broad SMARTS) is 1. The lowest BCUT2D eigenvalue weighted by molar-refractivity contribution is -0.143. The highest BCUT2D eigenvalue weighted by atomic mass is 35.5. The van der Waals surface area contributed by atoms with E-state index in [1.807, 2.05) is 0 Å². The molecule has 2 N–H and O–H groups in total. The zero-order valence-corrected chi connectivity index (χ0v) is 12.7. The molecule has 0 radical (unpaired) electrons. The third-order valence-corrected chi connectivity index (χ3v) is 4.08. The van der Waals surface area contributed by atoms with Gasteiger partial charge in [0.05, 0.1) is 0 Å². The summed E-state index contributed by atoms with van der Waals surface area (Å²) < 4.78 is 24.6. The van der Waals surface area contributed by atoms with Gasteiger partial charge in [-0.1, -0.05) is 29.3 Å². The number of alkyl halides is 2. The minimum absolute atomic E-state index is 0.147. The van der Waals surface area contributed by atoms with Crippen molar-refractivity contribution in [2.75, 3.05) is 0 Å². The largest absolute Gasteiger partial charge is 0.480 e. The van der Waals surface area contributed by atoms with Gasteiger partial charge < -0.3 is 10.4 Å². The Bertz CT molecular complexity index is 597. The first-order valence-electron chi connectivity index (χ1n) is 6.56. The van der Waals surface area contributed by atoms with Gasteiger partial charge in [-0.3, -0.25) is 4.79 Å². The molecule has 0 bridgehead atoms. The molecule has 22 heavy (non-hydrogen) atoms. The maximum atomic E-state index is 12.3. The van der Waals surface area contributed by atoms with E-state index in [-0.39, 0.29) is 5.92 Å². The summed E-state index contributed by atoms with van der Waals surface area (Å²) in [6.07, 6.45) is -3.23. The Hall–Kier alpha value is -1.40. The van der Waals surface area contributed by atoms with E-state index in [0.717, 1.165) is 5.56 Å². The van der Waals surface area contributed by atoms with Crippen molar-refractivity contribution in [2.45, 2.75) is 31.2 Å². The van der Waals surface area contributed by atoms with Gasteiger partial charge in [-0.25, -0.2) is 13.6 Å². The highest BCUT2D eigenvalue weighted by Crippen LogP contribution is 2.50. The van der Waals surface area contributed by atoms with Crippen LogP contribution in [-0.2, 0) is 9.59 Å². The van der Waals surface area contributed by atoms with Crippen LogP contribution in [0, 0.1) is 5.92 Å². The van der Waals surface area contributed by atoms with Crippen LogP contribution in [0.2, 0.25) is 10.0 Å². The summed E-state index contributed by atoms with van der Waals surface area (Å²) in [5.41, 5.74) is 0.743. The predicted octanol–water partition coefficient (Wildman–Crippen LogP) is 3.32. The molecule has 4 nitrogen and oxygen atoms in total. The molecule has 1 fully saturated rings. The molecule has 120 valence electrons. The third kappa shape index (κ3) is 4.08. The highest BCUT2D eigenvalue weighted by molar-refractivity contribution is 6.35. The number of hydrogen-bond acceptors (Lipinski definition) is 2. The van der Waals surface area contributed by atoms with Crippen molar-refractivity contribution in [3.8, 4) is 0 Å². The second-order valence-corrected chi connectivity index (χ2v) is 5.98. The zero-order chi connectivity index (χ0) is 16.4. The molecular formula is C14H13Cl2F2NO3. The standard InChI is InChI=1S/C14H13Cl2F2NO3/c15-6-1-2-7(10(16)3-6)8-4-9(8)13(20)19-11(14(21)22)5-12(17)18/h1-3,8-9,11-12H,4-5H2,(H,19,20)(H,21,22). The van der Waals surface area contributed by atoms with Crippen molar-refractivity contribution in [3.05, 3.63) is 33.8 Å². The van der Waals surface area contributed by atoms with Crippen molar-refractivity contribution in [2.24, 2.45) is 5.92 Å². The fourth-order valence-electron chi connectivity index (χ4n) is 2.31. The predicted molar refractivity (Wildman–Crippen MR) is 77.5 cm³/mol. The number of rotatable bonds is 6. The van der Waals surface area contributed by atoms with Gasteiger partial charge in [-0.15, -0.1) is 0 Å². The second kappa shape index (κ2) is 6.79. The van der Waals surface area contributed by atoms with Crippen molar-refractivity contribution >= 4 is 35.1 Å². The number of carbonyl (C=O) groups is 2. The van der Waals surface area contributed by atoms with Crippen molar-refractivity contribution in [1.82, 2.24) is 5.32 Å². The zero-order valence-electron chi connectivity index (χ0n) is 11.2. The number of aliphatic carboxylic acids is 1. The van der Waals surface area contributed by atoms with Crippen LogP contribution in [0.25, 0.3) is 0 Å². The van der Waals surface area contributed by atoms with Gasteiger partial charge in [0, 0.05) is 22.4 Å². The van der Waals surface area contributed by atoms with Gasteiger partial charge >= 0.3 is 5.97 Å². The Morgan fingerprint density at radius 3 is 2.59 bits per heavy atom. The molecule has 1 saturated carbocycles. The van der Waals surface area contributed by atoms with Gasteiger partial charge in [0.15, 0.2) is 0 Å². The van der Waals surface area contributed by atoms with E-state index >= 15 is 0 Å². The van der Waals surface area contributed by atoms with E-state index in [9.17, 15) is 18.4 Å². The molecule has 1 aliphatic carbocycles. The molecule has 3 unspecified atom stereocenters. The summed E-state index contributed by atoms with van der Waals surface area (Å²) in [5, 5.41) is 11.9. The van der Waals surface area contributed by atoms with Crippen molar-refractivity contribution in [3.63, 3.8) is 0 Å². The number of carboxylic acids is 1. The maximum Gasteiger partial charge on any atom is 0.326 e. The Labute approximate surface area is 135 Å². The lowest BCUT2D eigenvalue weighted by atomic mass is 10.1. The molecule has 1 aromatic carbocycles. The lowest BCUT2D eigenvalue weighted by Crippen LogP contribution is -2.42. The number of benzene rings is 1. The van der Waals surface area contributed by atoms with Crippen LogP contribution in [-0.4, -0.2) is 29.5 Å². The number of amides is 1. The Kier molecular flexibility index (Phi) is 5.24. The normalized spacial score (nSPS) is 21.5. The molecular weight excluding hydrogens is 339 g/mol. The third-order valence-electron chi connectivity index (χ3n) is 3.52. The van der Waals surface area contributed by atoms with Gasteiger partial charge in [0.25, 0.3) is 0 Å². The molecule has 0 aromatic heterocycles. The van der Waals surface area contributed by atoms with Crippen LogP contribution in [0.3, 0.4) is 0 Å². The molecule has 0 heterocycles. The summed E-state index contributed by atoms with van der Waals surface area (Å²) in [5.74, 6) is -2.64. The molecule has 3 atom stereocenters. The van der Waals surface area contributed by atoms with Crippen LogP contribution in [0.5, 0.6) is 0 Å². The van der Waals surface area contributed by atoms with Crippen LogP contribution in [0.15, 0.2) is 18.2 Å². The average molecular weight is 352 g/mol. The molecule has 0 spiro atoms. The first-order valence-corrected chi connectivity index (χ1v) is 7.31. The topological polar surface area (TPSA) is 66.4 Å². The first-order chi connectivity index (χ1) is 10.3. The van der Waals surface area contributed by atoms with Gasteiger partial charge in [-0.2, -0.15) is 0 Å². The fraction of sp³-hybridized carbons (Fsp3) is 0.429. The highest BCUT2D eigenvalue weighted by Gasteiger charge is 2.45. The molecule has 1 amide bonds. The van der Waals surface area contributed by atoms with Gasteiger partial charge in [0.1, 0.15) is 6.04 Å². The minimum Gasteiger partial charge on any atom is -0.480 e. The second-order valence-electron chi connectivity index (χ2n) is 5.14. The van der Waals surface area contributed by atoms with Crippen LogP contribution in [0.4, 0.5) is 8.78 Å². The number of nitrogens with one attached hydrogen (secondary N) is 1. The molecule has 8 heteroatoms. The SMILES string of the molecule is O=C(O)C(CC(F)F)NC(=O)C1CC1c1ccc(Cl)cc1Cl. The van der Waals surface area contributed by atoms with Crippen LogP contribution in [0.1, 0.15) is 24.3 Å².